The Morgan fingerprint density at radius 2 is 2.21 bits per heavy atom. The van der Waals surface area contributed by atoms with Crippen molar-refractivity contribution in [1.82, 2.24) is 9.55 Å². The van der Waals surface area contributed by atoms with E-state index >= 15 is 0 Å². The van der Waals surface area contributed by atoms with Gasteiger partial charge in [-0.2, -0.15) is 5.26 Å². The van der Waals surface area contributed by atoms with Gasteiger partial charge in [0.15, 0.2) is 0 Å². The Bertz CT molecular complexity index is 393. The molecular weight excluding hydrogens is 174 g/mol. The van der Waals surface area contributed by atoms with Crippen molar-refractivity contribution < 1.29 is 0 Å². The highest BCUT2D eigenvalue weighted by Gasteiger charge is 2.10. The minimum absolute atomic E-state index is 0.481. The van der Waals surface area contributed by atoms with E-state index in [1.165, 1.54) is 0 Å². The second kappa shape index (κ2) is 4.10. The van der Waals surface area contributed by atoms with Crippen LogP contribution in [0.5, 0.6) is 0 Å². The zero-order valence-corrected chi connectivity index (χ0v) is 8.96. The normalized spacial score (nSPS) is 9.86. The van der Waals surface area contributed by atoms with Crippen molar-refractivity contribution in [2.24, 2.45) is 0 Å². The van der Waals surface area contributed by atoms with E-state index in [1.54, 1.807) is 0 Å². The summed E-state index contributed by atoms with van der Waals surface area (Å²) in [5, 5.41) is 8.88. The minimum Gasteiger partial charge on any atom is -0.316 e. The Labute approximate surface area is 84.7 Å². The van der Waals surface area contributed by atoms with Crippen molar-refractivity contribution >= 4 is 0 Å². The summed E-state index contributed by atoms with van der Waals surface area (Å²) in [6.45, 7) is 10.6. The molecule has 0 aliphatic heterocycles. The van der Waals surface area contributed by atoms with Gasteiger partial charge in [-0.05, 0) is 20.3 Å². The third kappa shape index (κ3) is 1.85. The third-order valence-corrected chi connectivity index (χ3v) is 2.44. The van der Waals surface area contributed by atoms with Crippen LogP contribution in [0.1, 0.15) is 30.6 Å². The fraction of sp³-hybridized carbons (Fsp3) is 0.455. The zero-order valence-electron chi connectivity index (χ0n) is 8.96. The van der Waals surface area contributed by atoms with Gasteiger partial charge in [0.1, 0.15) is 6.07 Å². The summed E-state index contributed by atoms with van der Waals surface area (Å²) in [5.74, 6) is 0.481. The van der Waals surface area contributed by atoms with Crippen LogP contribution >= 0.6 is 0 Å². The van der Waals surface area contributed by atoms with E-state index in [0.29, 0.717) is 12.4 Å². The summed E-state index contributed by atoms with van der Waals surface area (Å²) >= 11 is 0. The van der Waals surface area contributed by atoms with E-state index in [4.69, 9.17) is 5.26 Å². The summed E-state index contributed by atoms with van der Waals surface area (Å²) < 4.78 is 1.92. The maximum absolute atomic E-state index is 8.88. The quantitative estimate of drug-likeness (QED) is 0.685. The van der Waals surface area contributed by atoms with Crippen molar-refractivity contribution in [1.29, 1.82) is 5.26 Å². The highest BCUT2D eigenvalue weighted by atomic mass is 15.1. The fourth-order valence-electron chi connectivity index (χ4n) is 1.27. The van der Waals surface area contributed by atoms with Crippen molar-refractivity contribution in [3.8, 4) is 6.07 Å². The van der Waals surface area contributed by atoms with Crippen LogP contribution in [-0.2, 0) is 6.54 Å². The van der Waals surface area contributed by atoms with Crippen LogP contribution in [-0.4, -0.2) is 9.55 Å². The highest BCUT2D eigenvalue weighted by Crippen LogP contribution is 2.12. The van der Waals surface area contributed by atoms with Crippen LogP contribution in [0.4, 0.5) is 0 Å². The Hall–Kier alpha value is -1.56. The predicted molar refractivity (Wildman–Crippen MR) is 55.8 cm³/mol. The molecule has 0 bridgehead atoms. The predicted octanol–water partition coefficient (Wildman–Crippen LogP) is 2.34. The summed E-state index contributed by atoms with van der Waals surface area (Å²) in [5.41, 5.74) is 3.09. The van der Waals surface area contributed by atoms with Crippen molar-refractivity contribution in [2.75, 3.05) is 0 Å². The fourth-order valence-corrected chi connectivity index (χ4v) is 1.27. The molecule has 3 heteroatoms. The first-order valence-corrected chi connectivity index (χ1v) is 4.70. The molecule has 3 nitrogen and oxygen atoms in total. The van der Waals surface area contributed by atoms with Gasteiger partial charge in [0.05, 0.1) is 5.69 Å². The molecule has 1 rings (SSSR count). The number of hydrogen-bond acceptors (Lipinski definition) is 2. The molecule has 0 atom stereocenters. The molecule has 0 aliphatic rings. The number of allylic oxidation sites excluding steroid dienone is 1. The lowest BCUT2D eigenvalue weighted by Gasteiger charge is -2.07. The van der Waals surface area contributed by atoms with Crippen LogP contribution in [0.25, 0.3) is 0 Å². The summed E-state index contributed by atoms with van der Waals surface area (Å²) in [4.78, 5) is 4.18. The maximum atomic E-state index is 8.88. The Balaban J connectivity index is 3.07. The van der Waals surface area contributed by atoms with Gasteiger partial charge in [-0.3, -0.25) is 0 Å². The molecule has 1 heterocycles. The van der Waals surface area contributed by atoms with E-state index in [2.05, 4.69) is 24.6 Å². The highest BCUT2D eigenvalue weighted by molar-refractivity contribution is 5.23. The van der Waals surface area contributed by atoms with Gasteiger partial charge in [0.2, 0.25) is 5.82 Å². The van der Waals surface area contributed by atoms with Crippen molar-refractivity contribution in [3.05, 3.63) is 29.4 Å². The molecule has 0 aromatic carbocycles. The largest absolute Gasteiger partial charge is 0.316 e. The molecule has 0 unspecified atom stereocenters. The zero-order chi connectivity index (χ0) is 10.7. The first kappa shape index (κ1) is 10.5. The van der Waals surface area contributed by atoms with E-state index in [1.807, 2.05) is 18.4 Å². The molecule has 0 N–H and O–H groups in total. The first-order valence-electron chi connectivity index (χ1n) is 4.70. The Kier molecular flexibility index (Phi) is 3.08. The number of aryl methyl sites for hydroxylation is 1. The van der Waals surface area contributed by atoms with E-state index in [-0.39, 0.29) is 0 Å². The number of nitriles is 1. The number of rotatable bonds is 3. The molecule has 0 radical (unpaired) electrons. The molecule has 0 saturated carbocycles. The maximum Gasteiger partial charge on any atom is 0.213 e. The average Bonchev–Trinajstić information content (AvgIpc) is 2.45. The van der Waals surface area contributed by atoms with Gasteiger partial charge in [-0.25, -0.2) is 4.98 Å². The van der Waals surface area contributed by atoms with Gasteiger partial charge in [-0.1, -0.05) is 19.1 Å². The monoisotopic (exact) mass is 189 g/mol. The number of hydrogen-bond donors (Lipinski definition) is 0. The first-order chi connectivity index (χ1) is 6.60. The Morgan fingerprint density at radius 3 is 2.71 bits per heavy atom. The SMILES string of the molecule is C=C(CC)Cn1c(C#N)nc(C)c1C. The van der Waals surface area contributed by atoms with E-state index < -0.39 is 0 Å². The van der Waals surface area contributed by atoms with Crippen LogP contribution in [0.15, 0.2) is 12.2 Å². The lowest BCUT2D eigenvalue weighted by molar-refractivity contribution is 0.725. The minimum atomic E-state index is 0.481. The third-order valence-electron chi connectivity index (χ3n) is 2.44. The molecule has 0 saturated heterocycles. The van der Waals surface area contributed by atoms with E-state index in [9.17, 15) is 0 Å². The molecule has 0 spiro atoms. The van der Waals surface area contributed by atoms with Crippen LogP contribution in [0.2, 0.25) is 0 Å². The van der Waals surface area contributed by atoms with Gasteiger partial charge in [0, 0.05) is 12.2 Å². The van der Waals surface area contributed by atoms with Crippen LogP contribution in [0, 0.1) is 25.2 Å². The summed E-state index contributed by atoms with van der Waals surface area (Å²) in [7, 11) is 0. The smallest absolute Gasteiger partial charge is 0.213 e. The van der Waals surface area contributed by atoms with Gasteiger partial charge in [0.25, 0.3) is 0 Å². The van der Waals surface area contributed by atoms with Gasteiger partial charge < -0.3 is 4.57 Å². The summed E-state index contributed by atoms with van der Waals surface area (Å²) in [6, 6.07) is 2.10. The molecule has 74 valence electrons. The van der Waals surface area contributed by atoms with Gasteiger partial charge in [-0.15, -0.1) is 0 Å². The molecule has 0 amide bonds. The molecule has 0 fully saturated rings. The second-order valence-corrected chi connectivity index (χ2v) is 3.41. The Morgan fingerprint density at radius 1 is 1.57 bits per heavy atom. The second-order valence-electron chi connectivity index (χ2n) is 3.41. The lowest BCUT2D eigenvalue weighted by Crippen LogP contribution is -2.04. The number of aromatic nitrogens is 2. The van der Waals surface area contributed by atoms with Crippen LogP contribution < -0.4 is 0 Å². The average molecular weight is 189 g/mol. The topological polar surface area (TPSA) is 41.6 Å². The lowest BCUT2D eigenvalue weighted by atomic mass is 10.2. The number of imidazole rings is 1. The van der Waals surface area contributed by atoms with Crippen molar-refractivity contribution in [3.63, 3.8) is 0 Å². The van der Waals surface area contributed by atoms with Crippen molar-refractivity contribution in [2.45, 2.75) is 33.7 Å². The molecule has 1 aromatic heterocycles. The number of nitrogens with zero attached hydrogens (tertiary/aromatic N) is 3. The van der Waals surface area contributed by atoms with E-state index in [0.717, 1.165) is 23.4 Å². The molecule has 0 aliphatic carbocycles. The molecule has 1 aromatic rings. The standard InChI is InChI=1S/C11H15N3/c1-5-8(2)7-14-10(4)9(3)13-11(14)6-12/h2,5,7H2,1,3-4H3. The molecule has 14 heavy (non-hydrogen) atoms. The summed E-state index contributed by atoms with van der Waals surface area (Å²) in [6.07, 6.45) is 0.932. The molecular formula is C11H15N3. The van der Waals surface area contributed by atoms with Crippen LogP contribution in [0.3, 0.4) is 0 Å². The van der Waals surface area contributed by atoms with Gasteiger partial charge >= 0.3 is 0 Å².